The molecule has 0 aliphatic carbocycles. The summed E-state index contributed by atoms with van der Waals surface area (Å²) in [7, 11) is 0. The van der Waals surface area contributed by atoms with E-state index in [2.05, 4.69) is 10.3 Å². The maximum atomic E-state index is 12.1. The van der Waals surface area contributed by atoms with Gasteiger partial charge in [-0.2, -0.15) is 0 Å². The molecule has 2 aliphatic heterocycles. The molecule has 1 aromatic heterocycles. The second-order valence-electron chi connectivity index (χ2n) is 3.90. The van der Waals surface area contributed by atoms with Crippen molar-refractivity contribution in [1.82, 2.24) is 9.55 Å². The third-order valence-electron chi connectivity index (χ3n) is 2.92. The normalized spacial score (nSPS) is 18.9. The molecule has 3 rings (SSSR count). The highest BCUT2D eigenvalue weighted by Gasteiger charge is 2.20. The molecule has 3 heterocycles. The predicted octanol–water partition coefficient (Wildman–Crippen LogP) is 0.132. The van der Waals surface area contributed by atoms with Gasteiger partial charge in [0.25, 0.3) is 5.56 Å². The Hall–Kier alpha value is -1.36. The SMILES string of the molecule is O=c1c2c(nc3n1CCCN3)CCOC2. The van der Waals surface area contributed by atoms with Crippen molar-refractivity contribution in [3.05, 3.63) is 21.6 Å². The molecule has 0 aromatic carbocycles. The molecular formula is C10H13N3O2. The molecule has 0 saturated heterocycles. The number of nitrogens with one attached hydrogen (secondary N) is 1. The van der Waals surface area contributed by atoms with Crippen LogP contribution in [0.5, 0.6) is 0 Å². The van der Waals surface area contributed by atoms with Gasteiger partial charge in [0, 0.05) is 19.5 Å². The fourth-order valence-corrected chi connectivity index (χ4v) is 2.11. The van der Waals surface area contributed by atoms with E-state index in [1.165, 1.54) is 0 Å². The fraction of sp³-hybridized carbons (Fsp3) is 0.600. The van der Waals surface area contributed by atoms with Gasteiger partial charge in [-0.15, -0.1) is 0 Å². The van der Waals surface area contributed by atoms with Crippen LogP contribution in [0.1, 0.15) is 17.7 Å². The predicted molar refractivity (Wildman–Crippen MR) is 55.0 cm³/mol. The van der Waals surface area contributed by atoms with Gasteiger partial charge in [-0.05, 0) is 6.42 Å². The van der Waals surface area contributed by atoms with E-state index >= 15 is 0 Å². The van der Waals surface area contributed by atoms with E-state index in [4.69, 9.17) is 4.74 Å². The van der Waals surface area contributed by atoms with E-state index in [1.807, 2.05) is 0 Å². The second kappa shape index (κ2) is 3.34. The first-order valence-electron chi connectivity index (χ1n) is 5.30. The number of aromatic nitrogens is 2. The van der Waals surface area contributed by atoms with Gasteiger partial charge in [0.1, 0.15) is 0 Å². The van der Waals surface area contributed by atoms with E-state index in [0.29, 0.717) is 13.2 Å². The Morgan fingerprint density at radius 2 is 2.40 bits per heavy atom. The summed E-state index contributed by atoms with van der Waals surface area (Å²) in [4.78, 5) is 16.5. The van der Waals surface area contributed by atoms with Gasteiger partial charge < -0.3 is 10.1 Å². The minimum absolute atomic E-state index is 0.0712. The molecule has 1 N–H and O–H groups in total. The Balaban J connectivity index is 2.20. The fourth-order valence-electron chi connectivity index (χ4n) is 2.11. The van der Waals surface area contributed by atoms with Crippen LogP contribution < -0.4 is 10.9 Å². The first-order valence-corrected chi connectivity index (χ1v) is 5.30. The lowest BCUT2D eigenvalue weighted by Gasteiger charge is -2.23. The minimum Gasteiger partial charge on any atom is -0.376 e. The van der Waals surface area contributed by atoms with Crippen LogP contribution in [0.3, 0.4) is 0 Å². The van der Waals surface area contributed by atoms with Crippen LogP contribution in [0.15, 0.2) is 4.79 Å². The molecule has 5 heteroatoms. The standard InChI is InChI=1S/C10H13N3O2/c14-9-7-6-15-5-2-8(7)12-10-11-3-1-4-13(9)10/h1-6H2,(H,11,12). The molecule has 2 aliphatic rings. The van der Waals surface area contributed by atoms with Gasteiger partial charge in [-0.25, -0.2) is 4.98 Å². The smallest absolute Gasteiger partial charge is 0.260 e. The molecule has 15 heavy (non-hydrogen) atoms. The number of hydrogen-bond donors (Lipinski definition) is 1. The van der Waals surface area contributed by atoms with Crippen molar-refractivity contribution in [3.63, 3.8) is 0 Å². The molecule has 0 unspecified atom stereocenters. The summed E-state index contributed by atoms with van der Waals surface area (Å²) in [6.07, 6.45) is 1.73. The number of rotatable bonds is 0. The Morgan fingerprint density at radius 3 is 3.33 bits per heavy atom. The molecule has 0 atom stereocenters. The Kier molecular flexibility index (Phi) is 1.98. The first-order chi connectivity index (χ1) is 7.36. The van der Waals surface area contributed by atoms with Crippen LogP contribution in [0.4, 0.5) is 5.95 Å². The first kappa shape index (κ1) is 8.91. The van der Waals surface area contributed by atoms with Crippen molar-refractivity contribution in [1.29, 1.82) is 0 Å². The largest absolute Gasteiger partial charge is 0.376 e. The highest BCUT2D eigenvalue weighted by Crippen LogP contribution is 2.15. The highest BCUT2D eigenvalue weighted by atomic mass is 16.5. The third kappa shape index (κ3) is 1.34. The van der Waals surface area contributed by atoms with Gasteiger partial charge >= 0.3 is 0 Å². The summed E-state index contributed by atoms with van der Waals surface area (Å²) in [6.45, 7) is 2.76. The van der Waals surface area contributed by atoms with Crippen molar-refractivity contribution in [2.24, 2.45) is 0 Å². The van der Waals surface area contributed by atoms with Gasteiger partial charge in [0.15, 0.2) is 0 Å². The summed E-state index contributed by atoms with van der Waals surface area (Å²) in [5.74, 6) is 0.729. The monoisotopic (exact) mass is 207 g/mol. The molecule has 5 nitrogen and oxygen atoms in total. The summed E-state index contributed by atoms with van der Waals surface area (Å²) in [5, 5.41) is 3.16. The zero-order valence-electron chi connectivity index (χ0n) is 8.45. The van der Waals surface area contributed by atoms with Crippen LogP contribution in [0.2, 0.25) is 0 Å². The zero-order valence-corrected chi connectivity index (χ0v) is 8.45. The molecule has 0 fully saturated rings. The summed E-state index contributed by atoms with van der Waals surface area (Å²) in [5.41, 5.74) is 1.72. The summed E-state index contributed by atoms with van der Waals surface area (Å²) in [6, 6.07) is 0. The Bertz CT molecular complexity index is 415. The Morgan fingerprint density at radius 1 is 1.47 bits per heavy atom. The summed E-state index contributed by atoms with van der Waals surface area (Å²) < 4.78 is 7.01. The topological polar surface area (TPSA) is 56.2 Å². The lowest BCUT2D eigenvalue weighted by Crippen LogP contribution is -2.35. The van der Waals surface area contributed by atoms with Crippen molar-refractivity contribution in [2.75, 3.05) is 18.5 Å². The van der Waals surface area contributed by atoms with Gasteiger partial charge in [0.2, 0.25) is 5.95 Å². The third-order valence-corrected chi connectivity index (χ3v) is 2.92. The van der Waals surface area contributed by atoms with E-state index in [1.54, 1.807) is 4.57 Å². The average molecular weight is 207 g/mol. The molecule has 80 valence electrons. The number of nitrogens with zero attached hydrogens (tertiary/aromatic N) is 2. The Labute approximate surface area is 87.1 Å². The molecule has 0 radical (unpaired) electrons. The number of anilines is 1. The van der Waals surface area contributed by atoms with Crippen LogP contribution in [-0.4, -0.2) is 22.7 Å². The molecular weight excluding hydrogens is 194 g/mol. The molecule has 0 bridgehead atoms. The van der Waals surface area contributed by atoms with Crippen LogP contribution in [-0.2, 0) is 24.3 Å². The van der Waals surface area contributed by atoms with Crippen molar-refractivity contribution in [2.45, 2.75) is 26.0 Å². The number of hydrogen-bond acceptors (Lipinski definition) is 4. The van der Waals surface area contributed by atoms with Crippen molar-refractivity contribution in [3.8, 4) is 0 Å². The second-order valence-corrected chi connectivity index (χ2v) is 3.90. The van der Waals surface area contributed by atoms with Gasteiger partial charge in [-0.1, -0.05) is 0 Å². The van der Waals surface area contributed by atoms with E-state index in [0.717, 1.165) is 43.1 Å². The molecule has 0 spiro atoms. The summed E-state index contributed by atoms with van der Waals surface area (Å²) >= 11 is 0. The highest BCUT2D eigenvalue weighted by molar-refractivity contribution is 5.33. The quantitative estimate of drug-likeness (QED) is 0.657. The van der Waals surface area contributed by atoms with E-state index < -0.39 is 0 Å². The lowest BCUT2D eigenvalue weighted by atomic mass is 10.1. The van der Waals surface area contributed by atoms with Crippen molar-refractivity contribution < 1.29 is 4.74 Å². The van der Waals surface area contributed by atoms with Crippen LogP contribution in [0.25, 0.3) is 0 Å². The molecule has 0 saturated carbocycles. The minimum atomic E-state index is 0.0712. The maximum absolute atomic E-state index is 12.1. The maximum Gasteiger partial charge on any atom is 0.260 e. The van der Waals surface area contributed by atoms with Gasteiger partial charge in [0.05, 0.1) is 24.5 Å². The van der Waals surface area contributed by atoms with E-state index in [9.17, 15) is 4.79 Å². The van der Waals surface area contributed by atoms with Crippen LogP contribution >= 0.6 is 0 Å². The van der Waals surface area contributed by atoms with Crippen LogP contribution in [0, 0.1) is 0 Å². The van der Waals surface area contributed by atoms with Gasteiger partial charge in [-0.3, -0.25) is 9.36 Å². The molecule has 1 aromatic rings. The lowest BCUT2D eigenvalue weighted by molar-refractivity contribution is 0.107. The number of fused-ring (bicyclic) bond motifs is 2. The van der Waals surface area contributed by atoms with E-state index in [-0.39, 0.29) is 5.56 Å². The van der Waals surface area contributed by atoms with Crippen molar-refractivity contribution >= 4 is 5.95 Å². The average Bonchev–Trinajstić information content (AvgIpc) is 2.30. The molecule has 0 amide bonds. The number of ether oxygens (including phenoxy) is 1. The zero-order chi connectivity index (χ0) is 10.3.